The van der Waals surface area contributed by atoms with Crippen LogP contribution >= 0.6 is 0 Å². The van der Waals surface area contributed by atoms with Gasteiger partial charge in [-0.1, -0.05) is 6.07 Å². The van der Waals surface area contributed by atoms with Crippen molar-refractivity contribution in [3.8, 4) is 0 Å². The Hall–Kier alpha value is -3.55. The normalized spacial score (nSPS) is 10.7. The number of rotatable bonds is 3. The van der Waals surface area contributed by atoms with Crippen LogP contribution in [0.15, 0.2) is 47.4 Å². The summed E-state index contributed by atoms with van der Waals surface area (Å²) in [4.78, 5) is 35.5. The van der Waals surface area contributed by atoms with Gasteiger partial charge >= 0.3 is 0 Å². The van der Waals surface area contributed by atoms with Gasteiger partial charge in [-0.3, -0.25) is 19.7 Å². The van der Waals surface area contributed by atoms with E-state index in [1.165, 1.54) is 36.5 Å². The highest BCUT2D eigenvalue weighted by Crippen LogP contribution is 2.22. The molecule has 0 atom stereocenters. The van der Waals surface area contributed by atoms with Crippen LogP contribution in [0.3, 0.4) is 0 Å². The van der Waals surface area contributed by atoms with Gasteiger partial charge in [0, 0.05) is 30.8 Å². The minimum Gasteiger partial charge on any atom is -0.350 e. The van der Waals surface area contributed by atoms with Crippen LogP contribution < -0.4 is 10.7 Å². The number of benzene rings is 2. The maximum absolute atomic E-state index is 13.5. The molecule has 1 N–H and O–H groups in total. The minimum atomic E-state index is -0.722. The van der Waals surface area contributed by atoms with Crippen molar-refractivity contribution >= 4 is 28.2 Å². The van der Waals surface area contributed by atoms with Gasteiger partial charge in [0.15, 0.2) is 0 Å². The van der Waals surface area contributed by atoms with Gasteiger partial charge in [0.2, 0.25) is 5.43 Å². The molecule has 0 aliphatic heterocycles. The third-order valence-corrected chi connectivity index (χ3v) is 4.08. The Bertz CT molecular complexity index is 1120. The summed E-state index contributed by atoms with van der Waals surface area (Å²) in [5, 5.41) is 13.5. The van der Waals surface area contributed by atoms with Crippen molar-refractivity contribution in [3.05, 3.63) is 79.9 Å². The van der Waals surface area contributed by atoms with Crippen molar-refractivity contribution in [1.82, 2.24) is 4.57 Å². The lowest BCUT2D eigenvalue weighted by Gasteiger charge is -2.11. The fourth-order valence-corrected chi connectivity index (χ4v) is 2.67. The van der Waals surface area contributed by atoms with E-state index in [1.54, 1.807) is 18.5 Å². The Labute approximate surface area is 146 Å². The smallest absolute Gasteiger partial charge is 0.271 e. The number of aryl methyl sites for hydroxylation is 2. The molecule has 0 saturated carbocycles. The second-order valence-corrected chi connectivity index (χ2v) is 5.85. The van der Waals surface area contributed by atoms with Crippen LogP contribution in [0.4, 0.5) is 15.8 Å². The number of amides is 1. The molecule has 1 heterocycles. The summed E-state index contributed by atoms with van der Waals surface area (Å²) in [7, 11) is 1.63. The number of nitrogens with zero attached hydrogens (tertiary/aromatic N) is 2. The maximum Gasteiger partial charge on any atom is 0.271 e. The van der Waals surface area contributed by atoms with E-state index in [-0.39, 0.29) is 22.3 Å². The zero-order chi connectivity index (χ0) is 19.0. The molecule has 1 aromatic heterocycles. The molecule has 0 aliphatic carbocycles. The van der Waals surface area contributed by atoms with Crippen LogP contribution in [-0.2, 0) is 7.05 Å². The van der Waals surface area contributed by atoms with E-state index in [1.807, 2.05) is 0 Å². The summed E-state index contributed by atoms with van der Waals surface area (Å²) in [6, 6.07) is 7.81. The predicted molar refractivity (Wildman–Crippen MR) is 94.9 cm³/mol. The third kappa shape index (κ3) is 3.04. The molecular formula is C18H14FN3O4. The Morgan fingerprint density at radius 1 is 1.23 bits per heavy atom. The van der Waals surface area contributed by atoms with E-state index in [0.717, 1.165) is 6.07 Å². The lowest BCUT2D eigenvalue weighted by Crippen LogP contribution is -2.23. The molecule has 2 aromatic carbocycles. The number of anilines is 1. The highest BCUT2D eigenvalue weighted by Gasteiger charge is 2.17. The summed E-state index contributed by atoms with van der Waals surface area (Å²) in [6.07, 6.45) is 1.35. The zero-order valence-corrected chi connectivity index (χ0v) is 13.9. The monoisotopic (exact) mass is 355 g/mol. The van der Waals surface area contributed by atoms with Gasteiger partial charge < -0.3 is 9.88 Å². The first kappa shape index (κ1) is 17.3. The van der Waals surface area contributed by atoms with Gasteiger partial charge in [-0.2, -0.15) is 0 Å². The molecule has 0 bridgehead atoms. The summed E-state index contributed by atoms with van der Waals surface area (Å²) in [5.74, 6) is -1.30. The molecule has 8 heteroatoms. The van der Waals surface area contributed by atoms with E-state index in [2.05, 4.69) is 5.32 Å². The average Bonchev–Trinajstić information content (AvgIpc) is 2.59. The van der Waals surface area contributed by atoms with Gasteiger partial charge in [-0.25, -0.2) is 4.39 Å². The molecule has 3 rings (SSSR count). The van der Waals surface area contributed by atoms with Crippen molar-refractivity contribution in [3.63, 3.8) is 0 Å². The van der Waals surface area contributed by atoms with Gasteiger partial charge in [0.25, 0.3) is 11.6 Å². The molecule has 0 fully saturated rings. The Balaban J connectivity index is 2.06. The first-order valence-electron chi connectivity index (χ1n) is 7.63. The number of non-ortho nitro benzene ring substituents is 1. The fraction of sp³-hybridized carbons (Fsp3) is 0.111. The molecule has 0 aliphatic rings. The van der Waals surface area contributed by atoms with Crippen LogP contribution in [0, 0.1) is 22.9 Å². The second kappa shape index (κ2) is 6.40. The number of fused-ring (bicyclic) bond motifs is 1. The average molecular weight is 355 g/mol. The molecule has 0 unspecified atom stereocenters. The van der Waals surface area contributed by atoms with E-state index in [0.29, 0.717) is 11.1 Å². The predicted octanol–water partition coefficient (Wildman–Crippen LogP) is 3.15. The van der Waals surface area contributed by atoms with Crippen molar-refractivity contribution in [1.29, 1.82) is 0 Å². The Morgan fingerprint density at radius 2 is 1.96 bits per heavy atom. The number of pyridine rings is 1. The van der Waals surface area contributed by atoms with Crippen LogP contribution in [-0.4, -0.2) is 15.4 Å². The number of carbonyl (C=O) groups excluding carboxylic acids is 1. The molecule has 132 valence electrons. The van der Waals surface area contributed by atoms with E-state index in [4.69, 9.17) is 0 Å². The molecule has 0 spiro atoms. The molecule has 26 heavy (non-hydrogen) atoms. The van der Waals surface area contributed by atoms with E-state index < -0.39 is 22.1 Å². The Morgan fingerprint density at radius 3 is 2.65 bits per heavy atom. The van der Waals surface area contributed by atoms with Gasteiger partial charge in [0.1, 0.15) is 11.4 Å². The number of hydrogen-bond acceptors (Lipinski definition) is 4. The SMILES string of the molecule is Cc1ccc([N+](=O)[O-])cc1NC(=O)c1cn(C)c2ccc(F)cc2c1=O. The van der Waals surface area contributed by atoms with E-state index in [9.17, 15) is 24.1 Å². The zero-order valence-electron chi connectivity index (χ0n) is 13.9. The van der Waals surface area contributed by atoms with Crippen molar-refractivity contribution < 1.29 is 14.1 Å². The highest BCUT2D eigenvalue weighted by atomic mass is 19.1. The van der Waals surface area contributed by atoms with Crippen molar-refractivity contribution in [2.75, 3.05) is 5.32 Å². The number of aromatic nitrogens is 1. The molecule has 7 nitrogen and oxygen atoms in total. The summed E-state index contributed by atoms with van der Waals surface area (Å²) in [6.45, 7) is 1.67. The number of nitro groups is 1. The second-order valence-electron chi connectivity index (χ2n) is 5.85. The van der Waals surface area contributed by atoms with Crippen LogP contribution in [0.5, 0.6) is 0 Å². The maximum atomic E-state index is 13.5. The summed E-state index contributed by atoms with van der Waals surface area (Å²) in [5.41, 5.74) is 0.340. The quantitative estimate of drug-likeness (QED) is 0.577. The number of halogens is 1. The number of nitrogens with one attached hydrogen (secondary N) is 1. The minimum absolute atomic E-state index is 0.0796. The highest BCUT2D eigenvalue weighted by molar-refractivity contribution is 6.06. The van der Waals surface area contributed by atoms with Gasteiger partial charge in [-0.05, 0) is 30.7 Å². The number of hydrogen-bond donors (Lipinski definition) is 1. The largest absolute Gasteiger partial charge is 0.350 e. The first-order chi connectivity index (χ1) is 12.3. The van der Waals surface area contributed by atoms with Crippen molar-refractivity contribution in [2.24, 2.45) is 7.05 Å². The summed E-state index contributed by atoms with van der Waals surface area (Å²) < 4.78 is 15.0. The molecule has 0 radical (unpaired) electrons. The third-order valence-electron chi connectivity index (χ3n) is 4.08. The van der Waals surface area contributed by atoms with Crippen molar-refractivity contribution in [2.45, 2.75) is 6.92 Å². The molecule has 3 aromatic rings. The summed E-state index contributed by atoms with van der Waals surface area (Å²) >= 11 is 0. The van der Waals surface area contributed by atoms with Crippen LogP contribution in [0.25, 0.3) is 10.9 Å². The topological polar surface area (TPSA) is 94.2 Å². The van der Waals surface area contributed by atoms with E-state index >= 15 is 0 Å². The molecule has 1 amide bonds. The standard InChI is InChI=1S/C18H14FN3O4/c1-10-3-5-12(22(25)26)8-15(10)20-18(24)14-9-21(2)16-6-4-11(19)7-13(16)17(14)23/h3-9H,1-2H3,(H,20,24). The Kier molecular flexibility index (Phi) is 4.25. The lowest BCUT2D eigenvalue weighted by atomic mass is 10.1. The van der Waals surface area contributed by atoms with Crippen LogP contribution in [0.2, 0.25) is 0 Å². The fourth-order valence-electron chi connectivity index (χ4n) is 2.67. The lowest BCUT2D eigenvalue weighted by molar-refractivity contribution is -0.384. The molecule has 0 saturated heterocycles. The number of nitro benzene ring substituents is 1. The first-order valence-corrected chi connectivity index (χ1v) is 7.63. The number of carbonyl (C=O) groups is 1. The molecular weight excluding hydrogens is 341 g/mol. The van der Waals surface area contributed by atoms with Gasteiger partial charge in [0.05, 0.1) is 16.1 Å². The van der Waals surface area contributed by atoms with Gasteiger partial charge in [-0.15, -0.1) is 0 Å². The van der Waals surface area contributed by atoms with Crippen LogP contribution in [0.1, 0.15) is 15.9 Å².